The molecule has 0 bridgehead atoms. The topological polar surface area (TPSA) is 89.4 Å². The van der Waals surface area contributed by atoms with Crippen LogP contribution < -0.4 is 14.8 Å². The maximum Gasteiger partial charge on any atom is 0.262 e. The van der Waals surface area contributed by atoms with Crippen molar-refractivity contribution in [3.63, 3.8) is 0 Å². The van der Waals surface area contributed by atoms with Crippen molar-refractivity contribution < 1.29 is 17.9 Å². The van der Waals surface area contributed by atoms with Gasteiger partial charge in [-0.05, 0) is 63.2 Å². The maximum atomic E-state index is 12.5. The minimum absolute atomic E-state index is 0.0301. The van der Waals surface area contributed by atoms with Gasteiger partial charge in [0.15, 0.2) is 6.61 Å². The number of rotatable bonds is 8. The van der Waals surface area contributed by atoms with Gasteiger partial charge < -0.3 is 14.6 Å². The van der Waals surface area contributed by atoms with Gasteiger partial charge in [-0.3, -0.25) is 4.79 Å². The summed E-state index contributed by atoms with van der Waals surface area (Å²) in [4.78, 5) is 12.5. The first-order chi connectivity index (χ1) is 16.2. The van der Waals surface area contributed by atoms with E-state index in [1.54, 1.807) is 13.8 Å². The second-order valence-electron chi connectivity index (χ2n) is 8.20. The van der Waals surface area contributed by atoms with Gasteiger partial charge in [0.2, 0.25) is 10.0 Å². The first-order valence-corrected chi connectivity index (χ1v) is 12.8. The van der Waals surface area contributed by atoms with Gasteiger partial charge >= 0.3 is 0 Å². The number of nitrogens with zero attached hydrogens (tertiary/aromatic N) is 1. The van der Waals surface area contributed by atoms with Crippen LogP contribution in [0.25, 0.3) is 21.8 Å². The summed E-state index contributed by atoms with van der Waals surface area (Å²) in [7, 11) is -3.68. The van der Waals surface area contributed by atoms with Crippen LogP contribution in [0.2, 0.25) is 5.02 Å². The molecule has 1 aromatic heterocycles. The second-order valence-corrected chi connectivity index (χ2v) is 10.3. The number of nitrogens with one attached hydrogen (secondary N) is 2. The van der Waals surface area contributed by atoms with Gasteiger partial charge in [-0.1, -0.05) is 29.8 Å². The highest BCUT2D eigenvalue weighted by Crippen LogP contribution is 2.31. The van der Waals surface area contributed by atoms with Crippen molar-refractivity contribution in [2.45, 2.75) is 38.3 Å². The number of fused-ring (bicyclic) bond motifs is 3. The Morgan fingerprint density at radius 2 is 1.76 bits per heavy atom. The Hall–Kier alpha value is -3.07. The van der Waals surface area contributed by atoms with Crippen LogP contribution in [-0.2, 0) is 21.4 Å². The number of anilines is 1. The number of para-hydroxylation sites is 1. The maximum absolute atomic E-state index is 12.5. The molecule has 0 atom stereocenters. The minimum atomic E-state index is -3.68. The first kappa shape index (κ1) is 24.1. The largest absolute Gasteiger partial charge is 0.482 e. The molecule has 0 aliphatic carbocycles. The summed E-state index contributed by atoms with van der Waals surface area (Å²) in [5.41, 5.74) is 2.91. The third-order valence-corrected chi connectivity index (χ3v) is 7.29. The lowest BCUT2D eigenvalue weighted by atomic mass is 10.1. The number of aryl methyl sites for hydroxylation is 1. The molecule has 7 nitrogen and oxygen atoms in total. The van der Waals surface area contributed by atoms with Crippen LogP contribution in [0.5, 0.6) is 5.75 Å². The molecule has 0 unspecified atom stereocenters. The standard InChI is InChI=1S/C25H26ClN3O4S/c1-4-29-22-8-6-5-7-19(22)20-13-17(9-11-23(20)29)27-25(30)15-33-24-12-10-18(14-21(24)26)34(31,32)28-16(2)3/h5-14,16,28H,4,15H2,1-3H3,(H,27,30). The Morgan fingerprint density at radius 1 is 1.03 bits per heavy atom. The monoisotopic (exact) mass is 499 g/mol. The van der Waals surface area contributed by atoms with Crippen LogP contribution in [0, 0.1) is 0 Å². The molecule has 4 aromatic rings. The highest BCUT2D eigenvalue weighted by molar-refractivity contribution is 7.89. The Bertz CT molecular complexity index is 1480. The van der Waals surface area contributed by atoms with Gasteiger partial charge in [-0.2, -0.15) is 0 Å². The lowest BCUT2D eigenvalue weighted by Crippen LogP contribution is -2.30. The highest BCUT2D eigenvalue weighted by atomic mass is 35.5. The van der Waals surface area contributed by atoms with Crippen LogP contribution >= 0.6 is 11.6 Å². The van der Waals surface area contributed by atoms with Crippen molar-refractivity contribution in [3.05, 3.63) is 65.7 Å². The lowest BCUT2D eigenvalue weighted by molar-refractivity contribution is -0.118. The number of hydrogen-bond acceptors (Lipinski definition) is 4. The third kappa shape index (κ3) is 4.89. The van der Waals surface area contributed by atoms with E-state index in [2.05, 4.69) is 33.7 Å². The van der Waals surface area contributed by atoms with E-state index in [9.17, 15) is 13.2 Å². The fraction of sp³-hybridized carbons (Fsp3) is 0.240. The number of ether oxygens (including phenoxy) is 1. The van der Waals surface area contributed by atoms with Crippen LogP contribution in [-0.4, -0.2) is 31.5 Å². The number of aromatic nitrogens is 1. The molecule has 34 heavy (non-hydrogen) atoms. The number of benzene rings is 3. The van der Waals surface area contributed by atoms with E-state index in [0.717, 1.165) is 28.4 Å². The molecule has 0 aliphatic heterocycles. The van der Waals surface area contributed by atoms with Crippen molar-refractivity contribution in [1.82, 2.24) is 9.29 Å². The van der Waals surface area contributed by atoms with Gasteiger partial charge in [0.1, 0.15) is 5.75 Å². The number of amides is 1. The zero-order valence-electron chi connectivity index (χ0n) is 19.1. The van der Waals surface area contributed by atoms with Crippen LogP contribution in [0.15, 0.2) is 65.6 Å². The Kier molecular flexibility index (Phi) is 6.84. The molecule has 4 rings (SSSR count). The minimum Gasteiger partial charge on any atom is -0.482 e. The van der Waals surface area contributed by atoms with E-state index < -0.39 is 10.0 Å². The molecule has 1 amide bonds. The van der Waals surface area contributed by atoms with Crippen molar-refractivity contribution in [2.75, 3.05) is 11.9 Å². The summed E-state index contributed by atoms with van der Waals surface area (Å²) in [5.74, 6) is -0.130. The van der Waals surface area contributed by atoms with E-state index in [1.807, 2.05) is 30.3 Å². The van der Waals surface area contributed by atoms with Gasteiger partial charge in [0.05, 0.1) is 9.92 Å². The molecule has 0 spiro atoms. The Morgan fingerprint density at radius 3 is 2.47 bits per heavy atom. The van der Waals surface area contributed by atoms with E-state index in [4.69, 9.17) is 16.3 Å². The summed E-state index contributed by atoms with van der Waals surface area (Å²) in [6, 6.07) is 17.9. The molecule has 2 N–H and O–H groups in total. The highest BCUT2D eigenvalue weighted by Gasteiger charge is 2.18. The van der Waals surface area contributed by atoms with E-state index in [-0.39, 0.29) is 34.2 Å². The number of hydrogen-bond donors (Lipinski definition) is 2. The molecule has 0 aliphatic rings. The molecule has 0 fully saturated rings. The quantitative estimate of drug-likeness (QED) is 0.350. The Labute approximate surface area is 203 Å². The van der Waals surface area contributed by atoms with Crippen molar-refractivity contribution in [3.8, 4) is 5.75 Å². The van der Waals surface area contributed by atoms with Crippen molar-refractivity contribution >= 4 is 55.0 Å². The molecule has 3 aromatic carbocycles. The fourth-order valence-electron chi connectivity index (χ4n) is 3.96. The molecule has 1 heterocycles. The average Bonchev–Trinajstić information content (AvgIpc) is 3.10. The third-order valence-electron chi connectivity index (χ3n) is 5.34. The normalized spacial score (nSPS) is 11.9. The van der Waals surface area contributed by atoms with Crippen molar-refractivity contribution in [1.29, 1.82) is 0 Å². The first-order valence-electron chi connectivity index (χ1n) is 10.9. The molecule has 9 heteroatoms. The number of sulfonamides is 1. The molecule has 0 radical (unpaired) electrons. The van der Waals surface area contributed by atoms with Crippen LogP contribution in [0.3, 0.4) is 0 Å². The second kappa shape index (κ2) is 9.66. The fourth-order valence-corrected chi connectivity index (χ4v) is 5.53. The summed E-state index contributed by atoms with van der Waals surface area (Å²) in [6.07, 6.45) is 0. The molecular formula is C25H26ClN3O4S. The average molecular weight is 500 g/mol. The Balaban J connectivity index is 1.47. The predicted molar refractivity (Wildman–Crippen MR) is 136 cm³/mol. The zero-order chi connectivity index (χ0) is 24.5. The van der Waals surface area contributed by atoms with E-state index in [1.165, 1.54) is 18.2 Å². The van der Waals surface area contributed by atoms with Gasteiger partial charge in [-0.25, -0.2) is 13.1 Å². The smallest absolute Gasteiger partial charge is 0.262 e. The SMILES string of the molecule is CCn1c2ccccc2c2cc(NC(=O)COc3ccc(S(=O)(=O)NC(C)C)cc3Cl)ccc21. The van der Waals surface area contributed by atoms with E-state index >= 15 is 0 Å². The summed E-state index contributed by atoms with van der Waals surface area (Å²) < 4.78 is 34.9. The molecule has 0 saturated carbocycles. The van der Waals surface area contributed by atoms with Crippen molar-refractivity contribution in [2.24, 2.45) is 0 Å². The van der Waals surface area contributed by atoms with Crippen LogP contribution in [0.1, 0.15) is 20.8 Å². The lowest BCUT2D eigenvalue weighted by Gasteiger charge is -2.12. The van der Waals surface area contributed by atoms with E-state index in [0.29, 0.717) is 5.69 Å². The molecule has 178 valence electrons. The van der Waals surface area contributed by atoms with Gasteiger partial charge in [-0.15, -0.1) is 0 Å². The number of halogens is 1. The van der Waals surface area contributed by atoms with Gasteiger partial charge in [0.25, 0.3) is 5.91 Å². The van der Waals surface area contributed by atoms with Gasteiger partial charge in [0, 0.05) is 40.1 Å². The summed E-state index contributed by atoms with van der Waals surface area (Å²) in [5, 5.41) is 5.14. The molecule has 0 saturated heterocycles. The molecular weight excluding hydrogens is 474 g/mol. The predicted octanol–water partition coefficient (Wildman–Crippen LogP) is 5.17. The zero-order valence-corrected chi connectivity index (χ0v) is 20.7. The summed E-state index contributed by atoms with van der Waals surface area (Å²) >= 11 is 6.20. The number of carbonyl (C=O) groups excluding carboxylic acids is 1. The van der Waals surface area contributed by atoms with Crippen LogP contribution in [0.4, 0.5) is 5.69 Å². The summed E-state index contributed by atoms with van der Waals surface area (Å²) in [6.45, 7) is 6.14. The number of carbonyl (C=O) groups is 1.